The number of hydrogen-bond donors (Lipinski definition) is 2. The number of hydrogen-bond acceptors (Lipinski definition) is 6. The molecule has 7 heteroatoms. The first-order valence-corrected chi connectivity index (χ1v) is 12.8. The van der Waals surface area contributed by atoms with Crippen LogP contribution in [0.4, 0.5) is 11.5 Å². The Morgan fingerprint density at radius 1 is 1.14 bits per heavy atom. The van der Waals surface area contributed by atoms with E-state index in [4.69, 9.17) is 10.00 Å². The quantitative estimate of drug-likeness (QED) is 0.361. The number of ether oxygens (including phenoxy) is 1. The van der Waals surface area contributed by atoms with Gasteiger partial charge in [-0.25, -0.2) is 4.98 Å². The highest BCUT2D eigenvalue weighted by Gasteiger charge is 2.33. The molecule has 1 aromatic heterocycles. The van der Waals surface area contributed by atoms with Crippen molar-refractivity contribution in [2.75, 3.05) is 50.1 Å². The van der Waals surface area contributed by atoms with Crippen LogP contribution in [-0.2, 0) is 16.0 Å². The number of carbonyl (C=O) groups excluding carboxylic acids is 1. The number of nitrogens with zero attached hydrogens (tertiary/aromatic N) is 3. The fraction of sp³-hybridized carbons (Fsp3) is 0.367. The molecule has 1 fully saturated rings. The molecule has 1 aliphatic heterocycles. The molecule has 1 amide bonds. The van der Waals surface area contributed by atoms with Crippen LogP contribution in [0.2, 0.25) is 0 Å². The Kier molecular flexibility index (Phi) is 8.89. The van der Waals surface area contributed by atoms with E-state index in [1.807, 2.05) is 72.9 Å². The van der Waals surface area contributed by atoms with E-state index in [-0.39, 0.29) is 17.2 Å². The summed E-state index contributed by atoms with van der Waals surface area (Å²) in [6, 6.07) is 23.4. The largest absolute Gasteiger partial charge is 0.380 e. The number of nitriles is 1. The van der Waals surface area contributed by atoms with Crippen LogP contribution in [0.3, 0.4) is 0 Å². The molecule has 1 aliphatic rings. The molecule has 0 radical (unpaired) electrons. The number of carbonyl (C=O) groups is 1. The molecule has 1 unspecified atom stereocenters. The molecule has 4 rings (SSSR count). The molecule has 0 aliphatic carbocycles. The zero-order valence-corrected chi connectivity index (χ0v) is 21.6. The van der Waals surface area contributed by atoms with Gasteiger partial charge in [0.15, 0.2) is 0 Å². The molecule has 2 aromatic carbocycles. The lowest BCUT2D eigenvalue weighted by Crippen LogP contribution is -2.42. The average molecular weight is 498 g/mol. The summed E-state index contributed by atoms with van der Waals surface area (Å²) in [5.41, 5.74) is 4.06. The van der Waals surface area contributed by atoms with Gasteiger partial charge >= 0.3 is 0 Å². The van der Waals surface area contributed by atoms with Gasteiger partial charge < -0.3 is 20.3 Å². The number of amides is 1. The van der Waals surface area contributed by atoms with Crippen molar-refractivity contribution in [2.45, 2.75) is 25.7 Å². The van der Waals surface area contributed by atoms with Gasteiger partial charge in [0.25, 0.3) is 0 Å². The van der Waals surface area contributed by atoms with Gasteiger partial charge in [-0.2, -0.15) is 5.26 Å². The smallest absolute Gasteiger partial charge is 0.234 e. The lowest BCUT2D eigenvalue weighted by Gasteiger charge is -2.39. The molecule has 37 heavy (non-hydrogen) atoms. The number of anilines is 2. The van der Waals surface area contributed by atoms with Gasteiger partial charge in [-0.3, -0.25) is 4.79 Å². The second-order valence-corrected chi connectivity index (χ2v) is 10.1. The van der Waals surface area contributed by atoms with Crippen LogP contribution in [0.25, 0.3) is 0 Å². The standard InChI is InChI=1S/C30H35N5O2/c1-30(21-37-22-30)15-17-35(2)26-12-13-28(33-19-26)34-29(36)27(25-6-4-3-5-7-25)20-32-16-14-23-8-10-24(18-31)11-9-23/h3-13,19,27,32H,14-17,20-22H2,1-2H3,(H,33,34,36). The molecular formula is C30H35N5O2. The molecule has 2 heterocycles. The highest BCUT2D eigenvalue weighted by molar-refractivity contribution is 5.95. The van der Waals surface area contributed by atoms with Gasteiger partial charge in [-0.15, -0.1) is 0 Å². The molecular weight excluding hydrogens is 462 g/mol. The number of nitrogens with one attached hydrogen (secondary N) is 2. The van der Waals surface area contributed by atoms with E-state index in [0.717, 1.165) is 56.0 Å². The van der Waals surface area contributed by atoms with Crippen molar-refractivity contribution < 1.29 is 9.53 Å². The van der Waals surface area contributed by atoms with Crippen molar-refractivity contribution in [1.29, 1.82) is 5.26 Å². The summed E-state index contributed by atoms with van der Waals surface area (Å²) < 4.78 is 5.35. The fourth-order valence-corrected chi connectivity index (χ4v) is 4.33. The summed E-state index contributed by atoms with van der Waals surface area (Å²) in [7, 11) is 2.06. The summed E-state index contributed by atoms with van der Waals surface area (Å²) in [6.45, 7) is 6.08. The first-order valence-electron chi connectivity index (χ1n) is 12.8. The third-order valence-corrected chi connectivity index (χ3v) is 6.93. The Balaban J connectivity index is 1.32. The van der Waals surface area contributed by atoms with E-state index in [1.54, 1.807) is 0 Å². The summed E-state index contributed by atoms with van der Waals surface area (Å²) >= 11 is 0. The number of pyridine rings is 1. The minimum absolute atomic E-state index is 0.0939. The molecule has 0 saturated carbocycles. The van der Waals surface area contributed by atoms with Crippen molar-refractivity contribution in [3.05, 3.63) is 89.6 Å². The van der Waals surface area contributed by atoms with Crippen molar-refractivity contribution in [1.82, 2.24) is 10.3 Å². The van der Waals surface area contributed by atoms with Crippen LogP contribution in [-0.4, -0.2) is 50.8 Å². The van der Waals surface area contributed by atoms with E-state index in [2.05, 4.69) is 40.6 Å². The summed E-state index contributed by atoms with van der Waals surface area (Å²) in [5, 5.41) is 15.4. The molecule has 0 spiro atoms. The summed E-state index contributed by atoms with van der Waals surface area (Å²) in [6.07, 6.45) is 3.69. The van der Waals surface area contributed by atoms with Crippen molar-refractivity contribution >= 4 is 17.4 Å². The number of rotatable bonds is 12. The summed E-state index contributed by atoms with van der Waals surface area (Å²) in [5.74, 6) is 0.0976. The van der Waals surface area contributed by atoms with E-state index < -0.39 is 0 Å². The minimum atomic E-state index is -0.350. The van der Waals surface area contributed by atoms with E-state index >= 15 is 0 Å². The predicted octanol–water partition coefficient (Wildman–Crippen LogP) is 4.37. The molecule has 7 nitrogen and oxygen atoms in total. The van der Waals surface area contributed by atoms with Crippen molar-refractivity contribution in [3.63, 3.8) is 0 Å². The zero-order chi connectivity index (χ0) is 26.1. The van der Waals surface area contributed by atoms with Crippen LogP contribution >= 0.6 is 0 Å². The van der Waals surface area contributed by atoms with Crippen LogP contribution in [0.5, 0.6) is 0 Å². The van der Waals surface area contributed by atoms with Crippen LogP contribution in [0.15, 0.2) is 72.9 Å². The highest BCUT2D eigenvalue weighted by Crippen LogP contribution is 2.31. The Morgan fingerprint density at radius 3 is 2.51 bits per heavy atom. The second kappa shape index (κ2) is 12.5. The first-order chi connectivity index (χ1) is 18.0. The lowest BCUT2D eigenvalue weighted by atomic mass is 9.85. The monoisotopic (exact) mass is 497 g/mol. The number of benzene rings is 2. The van der Waals surface area contributed by atoms with E-state index in [9.17, 15) is 4.79 Å². The topological polar surface area (TPSA) is 90.3 Å². The third kappa shape index (κ3) is 7.39. The zero-order valence-electron chi connectivity index (χ0n) is 21.6. The average Bonchev–Trinajstić information content (AvgIpc) is 2.91. The van der Waals surface area contributed by atoms with E-state index in [0.29, 0.717) is 17.9 Å². The summed E-state index contributed by atoms with van der Waals surface area (Å²) in [4.78, 5) is 20.0. The van der Waals surface area contributed by atoms with Crippen LogP contribution in [0, 0.1) is 16.7 Å². The fourth-order valence-electron chi connectivity index (χ4n) is 4.33. The second-order valence-electron chi connectivity index (χ2n) is 10.1. The van der Waals surface area contributed by atoms with Gasteiger partial charge in [0, 0.05) is 25.6 Å². The molecule has 0 bridgehead atoms. The maximum Gasteiger partial charge on any atom is 0.234 e. The van der Waals surface area contributed by atoms with Gasteiger partial charge in [-0.05, 0) is 54.8 Å². The molecule has 2 N–H and O–H groups in total. The number of aromatic nitrogens is 1. The third-order valence-electron chi connectivity index (χ3n) is 6.93. The maximum atomic E-state index is 13.3. The Hall–Kier alpha value is -3.73. The SMILES string of the molecule is CN(CCC1(C)COC1)c1ccc(NC(=O)C(CNCCc2ccc(C#N)cc2)c2ccccc2)nc1. The van der Waals surface area contributed by atoms with Crippen molar-refractivity contribution in [3.8, 4) is 6.07 Å². The van der Waals surface area contributed by atoms with E-state index in [1.165, 1.54) is 0 Å². The molecule has 192 valence electrons. The Bertz CT molecular complexity index is 1190. The Labute approximate surface area is 219 Å². The lowest BCUT2D eigenvalue weighted by molar-refractivity contribution is -0.117. The highest BCUT2D eigenvalue weighted by atomic mass is 16.5. The Morgan fingerprint density at radius 2 is 1.89 bits per heavy atom. The van der Waals surface area contributed by atoms with Gasteiger partial charge in [-0.1, -0.05) is 49.4 Å². The van der Waals surface area contributed by atoms with Crippen molar-refractivity contribution in [2.24, 2.45) is 5.41 Å². The van der Waals surface area contributed by atoms with Crippen LogP contribution in [0.1, 0.15) is 36.0 Å². The minimum Gasteiger partial charge on any atom is -0.380 e. The van der Waals surface area contributed by atoms with Gasteiger partial charge in [0.05, 0.1) is 42.6 Å². The van der Waals surface area contributed by atoms with Crippen LogP contribution < -0.4 is 15.5 Å². The normalized spacial score (nSPS) is 14.7. The maximum absolute atomic E-state index is 13.3. The first kappa shape index (κ1) is 26.3. The molecule has 1 atom stereocenters. The molecule has 3 aromatic rings. The predicted molar refractivity (Wildman–Crippen MR) is 147 cm³/mol. The van der Waals surface area contributed by atoms with Gasteiger partial charge in [0.2, 0.25) is 5.91 Å². The van der Waals surface area contributed by atoms with Gasteiger partial charge in [0.1, 0.15) is 5.82 Å². The molecule has 1 saturated heterocycles.